The van der Waals surface area contributed by atoms with Gasteiger partial charge in [0.15, 0.2) is 0 Å². The number of benzene rings is 2. The maximum Gasteiger partial charge on any atom is 0.216 e. The lowest BCUT2D eigenvalue weighted by molar-refractivity contribution is 0.566. The van der Waals surface area contributed by atoms with Gasteiger partial charge in [-0.25, -0.2) is 13.1 Å². The Morgan fingerprint density at radius 1 is 1.09 bits per heavy atom. The van der Waals surface area contributed by atoms with E-state index in [9.17, 15) is 8.42 Å². The van der Waals surface area contributed by atoms with Crippen LogP contribution in [0.3, 0.4) is 0 Å². The van der Waals surface area contributed by atoms with Crippen LogP contribution in [0, 0.1) is 6.92 Å². The van der Waals surface area contributed by atoms with Crippen LogP contribution in [0.5, 0.6) is 0 Å². The van der Waals surface area contributed by atoms with Gasteiger partial charge in [-0.15, -0.1) is 0 Å². The molecule has 1 aliphatic carbocycles. The molecule has 0 heterocycles. The summed E-state index contributed by atoms with van der Waals surface area (Å²) in [7, 11) is -3.37. The van der Waals surface area contributed by atoms with E-state index in [1.807, 2.05) is 44.2 Å². The first-order valence-corrected chi connectivity index (χ1v) is 9.76. The molecule has 2 aromatic carbocycles. The first-order chi connectivity index (χ1) is 10.9. The van der Waals surface area contributed by atoms with Crippen molar-refractivity contribution in [1.29, 1.82) is 0 Å². The molecule has 0 radical (unpaired) electrons. The lowest BCUT2D eigenvalue weighted by atomic mass is 10.0. The third-order valence-electron chi connectivity index (χ3n) is 4.59. The highest BCUT2D eigenvalue weighted by molar-refractivity contribution is 7.88. The predicted molar refractivity (Wildman–Crippen MR) is 93.8 cm³/mol. The SMILES string of the molecule is Cc1ccccc1CS(=O)(=O)N[C@@H](C)c1ccc2c(c1)CCC2. The van der Waals surface area contributed by atoms with Gasteiger partial charge in [-0.1, -0.05) is 42.5 Å². The van der Waals surface area contributed by atoms with Crippen LogP contribution in [-0.4, -0.2) is 8.42 Å². The lowest BCUT2D eigenvalue weighted by Crippen LogP contribution is -2.28. The standard InChI is InChI=1S/C19H23NO2S/c1-14-6-3-4-7-19(14)13-23(21,22)20-15(2)17-11-10-16-8-5-9-18(16)12-17/h3-4,6-7,10-12,15,20H,5,8-9,13H2,1-2H3/t15-/m0/s1. The average molecular weight is 329 g/mol. The molecule has 0 saturated carbocycles. The van der Waals surface area contributed by atoms with Gasteiger partial charge < -0.3 is 0 Å². The summed E-state index contributed by atoms with van der Waals surface area (Å²) in [5, 5.41) is 0. The zero-order valence-electron chi connectivity index (χ0n) is 13.7. The van der Waals surface area contributed by atoms with Gasteiger partial charge >= 0.3 is 0 Å². The first kappa shape index (κ1) is 16.2. The molecular weight excluding hydrogens is 306 g/mol. The van der Waals surface area contributed by atoms with Gasteiger partial charge in [0.2, 0.25) is 10.0 Å². The van der Waals surface area contributed by atoms with E-state index in [-0.39, 0.29) is 11.8 Å². The molecule has 0 spiro atoms. The van der Waals surface area contributed by atoms with E-state index in [0.29, 0.717) is 0 Å². The summed E-state index contributed by atoms with van der Waals surface area (Å²) < 4.78 is 27.7. The molecule has 3 nitrogen and oxygen atoms in total. The molecule has 122 valence electrons. The van der Waals surface area contributed by atoms with Crippen molar-refractivity contribution in [3.63, 3.8) is 0 Å². The van der Waals surface area contributed by atoms with E-state index in [2.05, 4.69) is 16.9 Å². The molecule has 0 aliphatic heterocycles. The van der Waals surface area contributed by atoms with Crippen molar-refractivity contribution in [2.75, 3.05) is 0 Å². The summed E-state index contributed by atoms with van der Waals surface area (Å²) >= 11 is 0. The third-order valence-corrected chi connectivity index (χ3v) is 5.99. The molecule has 3 rings (SSSR count). The molecule has 23 heavy (non-hydrogen) atoms. The van der Waals surface area contributed by atoms with Crippen molar-refractivity contribution in [2.45, 2.75) is 44.9 Å². The molecule has 0 aromatic heterocycles. The van der Waals surface area contributed by atoms with Gasteiger partial charge in [-0.3, -0.25) is 0 Å². The normalized spacial score (nSPS) is 15.4. The Morgan fingerprint density at radius 2 is 1.83 bits per heavy atom. The van der Waals surface area contributed by atoms with Crippen LogP contribution in [0.1, 0.15) is 47.2 Å². The first-order valence-electron chi connectivity index (χ1n) is 8.11. The Hall–Kier alpha value is -1.65. The van der Waals surface area contributed by atoms with Gasteiger partial charge in [0.25, 0.3) is 0 Å². The second-order valence-electron chi connectivity index (χ2n) is 6.41. The number of hydrogen-bond donors (Lipinski definition) is 1. The smallest absolute Gasteiger partial charge is 0.212 e. The molecule has 4 heteroatoms. The van der Waals surface area contributed by atoms with Crippen molar-refractivity contribution in [2.24, 2.45) is 0 Å². The highest BCUT2D eigenvalue weighted by Gasteiger charge is 2.19. The number of fused-ring (bicyclic) bond motifs is 1. The Morgan fingerprint density at radius 3 is 2.61 bits per heavy atom. The number of nitrogens with one attached hydrogen (secondary N) is 1. The minimum Gasteiger partial charge on any atom is -0.212 e. The lowest BCUT2D eigenvalue weighted by Gasteiger charge is -2.16. The maximum absolute atomic E-state index is 12.5. The number of sulfonamides is 1. The van der Waals surface area contributed by atoms with Gasteiger partial charge in [-0.2, -0.15) is 0 Å². The Balaban J connectivity index is 1.74. The van der Waals surface area contributed by atoms with Gasteiger partial charge in [0, 0.05) is 6.04 Å². The summed E-state index contributed by atoms with van der Waals surface area (Å²) in [5.74, 6) is 0.0228. The fraction of sp³-hybridized carbons (Fsp3) is 0.368. The fourth-order valence-electron chi connectivity index (χ4n) is 3.22. The quantitative estimate of drug-likeness (QED) is 0.910. The van der Waals surface area contributed by atoms with E-state index in [1.54, 1.807) is 0 Å². The van der Waals surface area contributed by atoms with Crippen LogP contribution in [-0.2, 0) is 28.6 Å². The molecule has 0 unspecified atom stereocenters. The van der Waals surface area contributed by atoms with Crippen molar-refractivity contribution in [3.8, 4) is 0 Å². The second-order valence-corrected chi connectivity index (χ2v) is 8.16. The van der Waals surface area contributed by atoms with Crippen molar-refractivity contribution in [3.05, 3.63) is 70.3 Å². The maximum atomic E-state index is 12.5. The van der Waals surface area contributed by atoms with E-state index >= 15 is 0 Å². The Labute approximate surface area is 138 Å². The molecule has 0 bridgehead atoms. The van der Waals surface area contributed by atoms with Crippen molar-refractivity contribution >= 4 is 10.0 Å². The van der Waals surface area contributed by atoms with Gasteiger partial charge in [0.1, 0.15) is 0 Å². The average Bonchev–Trinajstić information content (AvgIpc) is 2.96. The van der Waals surface area contributed by atoms with Crippen LogP contribution < -0.4 is 4.72 Å². The van der Waals surface area contributed by atoms with E-state index < -0.39 is 10.0 Å². The highest BCUT2D eigenvalue weighted by atomic mass is 32.2. The summed E-state index contributed by atoms with van der Waals surface area (Å²) in [4.78, 5) is 0. The van der Waals surface area contributed by atoms with E-state index in [1.165, 1.54) is 17.5 Å². The molecular formula is C19H23NO2S. The van der Waals surface area contributed by atoms with E-state index in [4.69, 9.17) is 0 Å². The monoisotopic (exact) mass is 329 g/mol. The minimum absolute atomic E-state index is 0.0228. The van der Waals surface area contributed by atoms with Gasteiger partial charge in [-0.05, 0) is 60.9 Å². The topological polar surface area (TPSA) is 46.2 Å². The molecule has 1 atom stereocenters. The molecule has 0 saturated heterocycles. The molecule has 2 aromatic rings. The van der Waals surface area contributed by atoms with Crippen LogP contribution in [0.15, 0.2) is 42.5 Å². The largest absolute Gasteiger partial charge is 0.216 e. The van der Waals surface area contributed by atoms with Gasteiger partial charge in [0.05, 0.1) is 5.75 Å². The third kappa shape index (κ3) is 3.82. The molecule has 0 amide bonds. The number of rotatable bonds is 5. The van der Waals surface area contributed by atoms with Crippen LogP contribution in [0.4, 0.5) is 0 Å². The van der Waals surface area contributed by atoms with Crippen LogP contribution >= 0.6 is 0 Å². The summed E-state index contributed by atoms with van der Waals surface area (Å²) in [6.07, 6.45) is 3.45. The van der Waals surface area contributed by atoms with E-state index in [0.717, 1.165) is 29.5 Å². The predicted octanol–water partition coefficient (Wildman–Crippen LogP) is 3.66. The summed E-state index contributed by atoms with van der Waals surface area (Å²) in [6, 6.07) is 13.7. The number of hydrogen-bond acceptors (Lipinski definition) is 2. The minimum atomic E-state index is -3.37. The summed E-state index contributed by atoms with van der Waals surface area (Å²) in [5.41, 5.74) is 5.67. The van der Waals surface area contributed by atoms with Crippen molar-refractivity contribution in [1.82, 2.24) is 4.72 Å². The Kier molecular flexibility index (Phi) is 4.55. The van der Waals surface area contributed by atoms with Crippen LogP contribution in [0.25, 0.3) is 0 Å². The zero-order chi connectivity index (χ0) is 16.4. The second kappa shape index (κ2) is 6.46. The summed E-state index contributed by atoms with van der Waals surface area (Å²) in [6.45, 7) is 3.85. The van der Waals surface area contributed by atoms with Crippen LogP contribution in [0.2, 0.25) is 0 Å². The fourth-order valence-corrected chi connectivity index (χ4v) is 4.71. The molecule has 1 N–H and O–H groups in total. The van der Waals surface area contributed by atoms with Crippen molar-refractivity contribution < 1.29 is 8.42 Å². The Bertz CT molecular complexity index is 812. The highest BCUT2D eigenvalue weighted by Crippen LogP contribution is 2.26. The molecule has 1 aliphatic rings. The molecule has 0 fully saturated rings. The number of aryl methyl sites for hydroxylation is 3. The zero-order valence-corrected chi connectivity index (χ0v) is 14.5.